The highest BCUT2D eigenvalue weighted by Gasteiger charge is 2.15. The largest absolute Gasteiger partial charge is 0.494 e. The summed E-state index contributed by atoms with van der Waals surface area (Å²) in [5, 5.41) is 6.86. The Morgan fingerprint density at radius 3 is 3.04 bits per heavy atom. The molecule has 0 saturated heterocycles. The van der Waals surface area contributed by atoms with Crippen LogP contribution in [-0.4, -0.2) is 24.0 Å². The highest BCUT2D eigenvalue weighted by Crippen LogP contribution is 2.28. The van der Waals surface area contributed by atoms with Gasteiger partial charge >= 0.3 is 0 Å². The molecule has 0 bridgehead atoms. The third kappa shape index (κ3) is 4.19. The zero-order valence-electron chi connectivity index (χ0n) is 14.8. The molecule has 0 radical (unpaired) electrons. The molecule has 1 amide bonds. The number of nitrogens with one attached hydrogen (secondary N) is 2. The summed E-state index contributed by atoms with van der Waals surface area (Å²) in [5.74, 6) is 0.539. The van der Waals surface area contributed by atoms with E-state index in [0.717, 1.165) is 52.6 Å². The number of unbranched alkanes of at least 4 members (excludes halogenated alkanes) is 1. The molecule has 0 atom stereocenters. The first-order chi connectivity index (χ1) is 13.2. The normalized spacial score (nSPS) is 13.3. The van der Waals surface area contributed by atoms with Crippen molar-refractivity contribution in [2.45, 2.75) is 25.7 Å². The average Bonchev–Trinajstić information content (AvgIpc) is 3.08. The predicted molar refractivity (Wildman–Crippen MR) is 106 cm³/mol. The zero-order chi connectivity index (χ0) is 18.6. The maximum Gasteiger partial charge on any atom is 0.224 e. The van der Waals surface area contributed by atoms with Gasteiger partial charge in [-0.15, -0.1) is 0 Å². The number of carbonyl (C=O) groups excluding carboxylic acids is 1. The van der Waals surface area contributed by atoms with Gasteiger partial charge in [0.15, 0.2) is 5.13 Å². The molecule has 2 aromatic carbocycles. The number of benzene rings is 2. The van der Waals surface area contributed by atoms with Crippen LogP contribution in [0, 0.1) is 5.82 Å². The van der Waals surface area contributed by atoms with Gasteiger partial charge in [0, 0.05) is 24.7 Å². The molecule has 1 aliphatic rings. The number of thiazole rings is 1. The van der Waals surface area contributed by atoms with Crippen LogP contribution in [0.3, 0.4) is 0 Å². The summed E-state index contributed by atoms with van der Waals surface area (Å²) < 4.78 is 20.3. The molecule has 140 valence electrons. The first-order valence-electron chi connectivity index (χ1n) is 9.03. The fourth-order valence-corrected chi connectivity index (χ4v) is 3.95. The lowest BCUT2D eigenvalue weighted by atomic mass is 10.0. The van der Waals surface area contributed by atoms with Gasteiger partial charge in [0.25, 0.3) is 0 Å². The second kappa shape index (κ2) is 7.92. The Kier molecular flexibility index (Phi) is 5.20. The van der Waals surface area contributed by atoms with E-state index in [-0.39, 0.29) is 11.7 Å². The predicted octanol–water partition coefficient (Wildman–Crippen LogP) is 4.59. The van der Waals surface area contributed by atoms with Crippen molar-refractivity contribution < 1.29 is 13.9 Å². The van der Waals surface area contributed by atoms with E-state index >= 15 is 0 Å². The van der Waals surface area contributed by atoms with Crippen LogP contribution in [0.2, 0.25) is 0 Å². The molecule has 5 nitrogen and oxygen atoms in total. The highest BCUT2D eigenvalue weighted by molar-refractivity contribution is 7.22. The zero-order valence-corrected chi connectivity index (χ0v) is 15.6. The van der Waals surface area contributed by atoms with E-state index in [1.807, 2.05) is 24.3 Å². The fraction of sp³-hybridized carbons (Fsp3) is 0.300. The van der Waals surface area contributed by atoms with Crippen LogP contribution in [0.25, 0.3) is 10.2 Å². The van der Waals surface area contributed by atoms with E-state index in [9.17, 15) is 9.18 Å². The van der Waals surface area contributed by atoms with Crippen molar-refractivity contribution in [3.63, 3.8) is 0 Å². The van der Waals surface area contributed by atoms with Gasteiger partial charge in [-0.3, -0.25) is 4.79 Å². The Bertz CT molecular complexity index is 973. The summed E-state index contributed by atoms with van der Waals surface area (Å²) in [7, 11) is 0. The number of carbonyl (C=O) groups is 1. The van der Waals surface area contributed by atoms with Crippen LogP contribution in [0.4, 0.5) is 15.2 Å². The van der Waals surface area contributed by atoms with Crippen LogP contribution in [0.15, 0.2) is 36.4 Å². The average molecular weight is 385 g/mol. The molecule has 7 heteroatoms. The monoisotopic (exact) mass is 385 g/mol. The molecule has 0 aliphatic carbocycles. The number of ether oxygens (including phenoxy) is 1. The summed E-state index contributed by atoms with van der Waals surface area (Å²) in [6.07, 6.45) is 3.13. The molecule has 0 spiro atoms. The van der Waals surface area contributed by atoms with Crippen molar-refractivity contribution in [2.75, 3.05) is 23.8 Å². The van der Waals surface area contributed by atoms with Gasteiger partial charge in [-0.2, -0.15) is 0 Å². The number of nitrogens with zero attached hydrogens (tertiary/aromatic N) is 1. The molecule has 3 aromatic rings. The number of aryl methyl sites for hydroxylation is 1. The first-order valence-corrected chi connectivity index (χ1v) is 9.85. The van der Waals surface area contributed by atoms with Gasteiger partial charge in [-0.25, -0.2) is 9.37 Å². The van der Waals surface area contributed by atoms with Crippen molar-refractivity contribution in [1.82, 2.24) is 4.98 Å². The maximum absolute atomic E-state index is 13.7. The van der Waals surface area contributed by atoms with Crippen molar-refractivity contribution >= 4 is 38.3 Å². The van der Waals surface area contributed by atoms with E-state index in [1.165, 1.54) is 17.4 Å². The number of halogens is 1. The third-order valence-electron chi connectivity index (χ3n) is 4.46. The highest BCUT2D eigenvalue weighted by atomic mass is 32.1. The Balaban J connectivity index is 1.21. The molecule has 1 aliphatic heterocycles. The quantitative estimate of drug-likeness (QED) is 0.584. The molecular weight excluding hydrogens is 365 g/mol. The van der Waals surface area contributed by atoms with Gasteiger partial charge in [-0.1, -0.05) is 23.5 Å². The molecule has 0 saturated carbocycles. The Morgan fingerprint density at radius 2 is 2.15 bits per heavy atom. The number of rotatable bonds is 7. The van der Waals surface area contributed by atoms with Crippen molar-refractivity contribution in [3.8, 4) is 5.75 Å². The minimum absolute atomic E-state index is 0.0560. The SMILES string of the molecule is O=C1CCc2ccc(OCCCCNc3nc4c(F)cccc4s3)cc2N1. The Labute approximate surface area is 160 Å². The van der Waals surface area contributed by atoms with Crippen LogP contribution in [-0.2, 0) is 11.2 Å². The van der Waals surface area contributed by atoms with Gasteiger partial charge in [0.05, 0.1) is 11.3 Å². The van der Waals surface area contributed by atoms with E-state index in [4.69, 9.17) is 4.74 Å². The van der Waals surface area contributed by atoms with Crippen molar-refractivity contribution in [2.24, 2.45) is 0 Å². The van der Waals surface area contributed by atoms with Gasteiger partial charge in [0.1, 0.15) is 17.1 Å². The first kappa shape index (κ1) is 17.7. The van der Waals surface area contributed by atoms with Crippen LogP contribution in [0.1, 0.15) is 24.8 Å². The smallest absolute Gasteiger partial charge is 0.224 e. The summed E-state index contributed by atoms with van der Waals surface area (Å²) in [4.78, 5) is 15.8. The van der Waals surface area contributed by atoms with E-state index in [0.29, 0.717) is 18.5 Å². The fourth-order valence-electron chi connectivity index (χ4n) is 3.04. The minimum atomic E-state index is -0.286. The lowest BCUT2D eigenvalue weighted by Crippen LogP contribution is -2.18. The van der Waals surface area contributed by atoms with E-state index < -0.39 is 0 Å². The Morgan fingerprint density at radius 1 is 1.22 bits per heavy atom. The number of anilines is 2. The van der Waals surface area contributed by atoms with Crippen LogP contribution >= 0.6 is 11.3 Å². The number of hydrogen-bond donors (Lipinski definition) is 2. The number of hydrogen-bond acceptors (Lipinski definition) is 5. The second-order valence-electron chi connectivity index (χ2n) is 6.46. The van der Waals surface area contributed by atoms with E-state index in [2.05, 4.69) is 15.6 Å². The molecule has 27 heavy (non-hydrogen) atoms. The van der Waals surface area contributed by atoms with Crippen molar-refractivity contribution in [3.05, 3.63) is 47.8 Å². The second-order valence-corrected chi connectivity index (χ2v) is 7.49. The molecule has 0 unspecified atom stereocenters. The maximum atomic E-state index is 13.7. The summed E-state index contributed by atoms with van der Waals surface area (Å²) >= 11 is 1.46. The number of aromatic nitrogens is 1. The molecule has 1 aromatic heterocycles. The number of fused-ring (bicyclic) bond motifs is 2. The Hall–Kier alpha value is -2.67. The number of amides is 1. The molecule has 0 fully saturated rings. The summed E-state index contributed by atoms with van der Waals surface area (Å²) in [6.45, 7) is 1.36. The summed E-state index contributed by atoms with van der Waals surface area (Å²) in [6, 6.07) is 10.8. The molecular formula is C20H20FN3O2S. The third-order valence-corrected chi connectivity index (χ3v) is 5.44. The minimum Gasteiger partial charge on any atom is -0.494 e. The standard InChI is InChI=1S/C20H20FN3O2S/c21-15-4-3-5-17-19(15)24-20(27-17)22-10-1-2-11-26-14-8-6-13-7-9-18(25)23-16(13)12-14/h3-6,8,12H,1-2,7,9-11H2,(H,22,24)(H,23,25). The summed E-state index contributed by atoms with van der Waals surface area (Å²) in [5.41, 5.74) is 2.43. The topological polar surface area (TPSA) is 63.2 Å². The molecule has 2 N–H and O–H groups in total. The van der Waals surface area contributed by atoms with Gasteiger partial charge in [-0.05, 0) is 43.0 Å². The molecule has 4 rings (SSSR count). The van der Waals surface area contributed by atoms with E-state index in [1.54, 1.807) is 6.07 Å². The van der Waals surface area contributed by atoms with Gasteiger partial charge < -0.3 is 15.4 Å². The lowest BCUT2D eigenvalue weighted by molar-refractivity contribution is -0.116. The van der Waals surface area contributed by atoms with Gasteiger partial charge in [0.2, 0.25) is 5.91 Å². The van der Waals surface area contributed by atoms with Crippen LogP contribution in [0.5, 0.6) is 5.75 Å². The van der Waals surface area contributed by atoms with Crippen LogP contribution < -0.4 is 15.4 Å². The van der Waals surface area contributed by atoms with Crippen molar-refractivity contribution in [1.29, 1.82) is 0 Å². The lowest BCUT2D eigenvalue weighted by Gasteiger charge is -2.17. The molecule has 2 heterocycles. The number of para-hydroxylation sites is 1.